The average Bonchev–Trinajstić information content (AvgIpc) is 2.64. The highest BCUT2D eigenvalue weighted by Crippen LogP contribution is 2.12. The SMILES string of the molecule is CCCNCc1ccn(CC(C)CC(C)C)n1. The van der Waals surface area contributed by atoms with Gasteiger partial charge in [-0.05, 0) is 37.3 Å². The van der Waals surface area contributed by atoms with Crippen molar-refractivity contribution in [2.45, 2.75) is 53.6 Å². The molecule has 0 radical (unpaired) electrons. The maximum atomic E-state index is 4.58. The fraction of sp³-hybridized carbons (Fsp3) is 0.786. The third kappa shape index (κ3) is 5.87. The van der Waals surface area contributed by atoms with Crippen LogP contribution in [0.1, 0.15) is 46.2 Å². The Morgan fingerprint density at radius 1 is 1.35 bits per heavy atom. The second-order valence-corrected chi connectivity index (χ2v) is 5.44. The van der Waals surface area contributed by atoms with Gasteiger partial charge in [0.25, 0.3) is 0 Å². The Kier molecular flexibility index (Phi) is 6.27. The molecule has 1 rings (SSSR count). The summed E-state index contributed by atoms with van der Waals surface area (Å²) in [5.41, 5.74) is 1.15. The molecule has 0 saturated carbocycles. The molecule has 1 atom stereocenters. The molecule has 0 saturated heterocycles. The lowest BCUT2D eigenvalue weighted by Crippen LogP contribution is -2.15. The molecule has 0 aliphatic rings. The first kappa shape index (κ1) is 14.2. The van der Waals surface area contributed by atoms with Crippen molar-refractivity contribution in [3.63, 3.8) is 0 Å². The van der Waals surface area contributed by atoms with E-state index in [1.54, 1.807) is 0 Å². The molecular formula is C14H27N3. The first-order valence-corrected chi connectivity index (χ1v) is 6.84. The van der Waals surface area contributed by atoms with E-state index in [0.717, 1.165) is 31.2 Å². The highest BCUT2D eigenvalue weighted by Gasteiger charge is 2.07. The normalized spacial score (nSPS) is 13.2. The molecule has 0 fully saturated rings. The van der Waals surface area contributed by atoms with Gasteiger partial charge in [-0.1, -0.05) is 27.7 Å². The second-order valence-electron chi connectivity index (χ2n) is 5.44. The van der Waals surface area contributed by atoms with Crippen LogP contribution in [0.3, 0.4) is 0 Å². The number of nitrogens with zero attached hydrogens (tertiary/aromatic N) is 2. The predicted molar refractivity (Wildman–Crippen MR) is 72.8 cm³/mol. The lowest BCUT2D eigenvalue weighted by Gasteiger charge is -2.13. The van der Waals surface area contributed by atoms with E-state index in [0.29, 0.717) is 5.92 Å². The Bertz CT molecular complexity index is 304. The van der Waals surface area contributed by atoms with Crippen molar-refractivity contribution < 1.29 is 0 Å². The maximum Gasteiger partial charge on any atom is 0.0762 e. The first-order valence-electron chi connectivity index (χ1n) is 6.84. The van der Waals surface area contributed by atoms with E-state index in [2.05, 4.69) is 55.1 Å². The molecule has 1 unspecified atom stereocenters. The summed E-state index contributed by atoms with van der Waals surface area (Å²) < 4.78 is 2.08. The Balaban J connectivity index is 2.34. The minimum atomic E-state index is 0.700. The monoisotopic (exact) mass is 237 g/mol. The minimum absolute atomic E-state index is 0.700. The quantitative estimate of drug-likeness (QED) is 0.704. The van der Waals surface area contributed by atoms with Gasteiger partial charge in [-0.2, -0.15) is 5.10 Å². The van der Waals surface area contributed by atoms with Crippen LogP contribution in [0.2, 0.25) is 0 Å². The smallest absolute Gasteiger partial charge is 0.0762 e. The van der Waals surface area contributed by atoms with Crippen molar-refractivity contribution in [3.8, 4) is 0 Å². The molecule has 0 aromatic carbocycles. The third-order valence-corrected chi connectivity index (χ3v) is 2.80. The van der Waals surface area contributed by atoms with Gasteiger partial charge >= 0.3 is 0 Å². The minimum Gasteiger partial charge on any atom is -0.311 e. The van der Waals surface area contributed by atoms with Gasteiger partial charge in [-0.3, -0.25) is 4.68 Å². The molecule has 17 heavy (non-hydrogen) atoms. The summed E-state index contributed by atoms with van der Waals surface area (Å²) >= 11 is 0. The summed E-state index contributed by atoms with van der Waals surface area (Å²) in [5.74, 6) is 1.47. The zero-order chi connectivity index (χ0) is 12.7. The van der Waals surface area contributed by atoms with Crippen LogP contribution < -0.4 is 5.32 Å². The number of aromatic nitrogens is 2. The van der Waals surface area contributed by atoms with Gasteiger partial charge < -0.3 is 5.32 Å². The van der Waals surface area contributed by atoms with Crippen molar-refractivity contribution >= 4 is 0 Å². The Morgan fingerprint density at radius 2 is 2.12 bits per heavy atom. The maximum absolute atomic E-state index is 4.58. The number of rotatable bonds is 8. The molecule has 0 aliphatic carbocycles. The molecule has 98 valence electrons. The zero-order valence-electron chi connectivity index (χ0n) is 11.7. The van der Waals surface area contributed by atoms with Crippen LogP contribution in [0.25, 0.3) is 0 Å². The molecule has 1 heterocycles. The van der Waals surface area contributed by atoms with E-state index in [1.165, 1.54) is 12.8 Å². The lowest BCUT2D eigenvalue weighted by molar-refractivity contribution is 0.372. The van der Waals surface area contributed by atoms with Gasteiger partial charge in [-0.25, -0.2) is 0 Å². The summed E-state index contributed by atoms with van der Waals surface area (Å²) in [6.45, 7) is 12.0. The van der Waals surface area contributed by atoms with Crippen LogP contribution in [-0.4, -0.2) is 16.3 Å². The summed E-state index contributed by atoms with van der Waals surface area (Å²) in [6, 6.07) is 2.12. The lowest BCUT2D eigenvalue weighted by atomic mass is 9.99. The number of hydrogen-bond acceptors (Lipinski definition) is 2. The van der Waals surface area contributed by atoms with E-state index in [1.807, 2.05) is 0 Å². The van der Waals surface area contributed by atoms with E-state index >= 15 is 0 Å². The van der Waals surface area contributed by atoms with E-state index < -0.39 is 0 Å². The highest BCUT2D eigenvalue weighted by atomic mass is 15.3. The standard InChI is InChI=1S/C14H27N3/c1-5-7-15-10-14-6-8-17(16-14)11-13(4)9-12(2)3/h6,8,12-13,15H,5,7,9-11H2,1-4H3. The molecule has 0 spiro atoms. The van der Waals surface area contributed by atoms with Crippen LogP contribution in [0.4, 0.5) is 0 Å². The van der Waals surface area contributed by atoms with Gasteiger partial charge in [0.05, 0.1) is 5.69 Å². The zero-order valence-corrected chi connectivity index (χ0v) is 11.7. The van der Waals surface area contributed by atoms with Crippen molar-refractivity contribution in [1.29, 1.82) is 0 Å². The Hall–Kier alpha value is -0.830. The van der Waals surface area contributed by atoms with Crippen molar-refractivity contribution in [2.75, 3.05) is 6.54 Å². The fourth-order valence-corrected chi connectivity index (χ4v) is 2.19. The molecule has 1 aromatic rings. The molecule has 3 nitrogen and oxygen atoms in total. The Labute approximate surface area is 106 Å². The molecular weight excluding hydrogens is 210 g/mol. The van der Waals surface area contributed by atoms with Gasteiger partial charge in [0.2, 0.25) is 0 Å². The van der Waals surface area contributed by atoms with Crippen molar-refractivity contribution in [2.24, 2.45) is 11.8 Å². The fourth-order valence-electron chi connectivity index (χ4n) is 2.19. The topological polar surface area (TPSA) is 29.9 Å². The van der Waals surface area contributed by atoms with Crippen LogP contribution in [0.15, 0.2) is 12.3 Å². The van der Waals surface area contributed by atoms with Gasteiger partial charge in [-0.15, -0.1) is 0 Å². The number of nitrogens with one attached hydrogen (secondary N) is 1. The van der Waals surface area contributed by atoms with Crippen LogP contribution in [-0.2, 0) is 13.1 Å². The van der Waals surface area contributed by atoms with E-state index in [-0.39, 0.29) is 0 Å². The summed E-state index contributed by atoms with van der Waals surface area (Å²) in [4.78, 5) is 0. The number of hydrogen-bond donors (Lipinski definition) is 1. The van der Waals surface area contributed by atoms with Gasteiger partial charge in [0, 0.05) is 19.3 Å². The second kappa shape index (κ2) is 7.49. The van der Waals surface area contributed by atoms with Crippen molar-refractivity contribution in [3.05, 3.63) is 18.0 Å². The van der Waals surface area contributed by atoms with Crippen LogP contribution in [0.5, 0.6) is 0 Å². The third-order valence-electron chi connectivity index (χ3n) is 2.80. The first-order chi connectivity index (χ1) is 8.11. The van der Waals surface area contributed by atoms with E-state index in [4.69, 9.17) is 0 Å². The largest absolute Gasteiger partial charge is 0.311 e. The molecule has 3 heteroatoms. The molecule has 0 amide bonds. The Morgan fingerprint density at radius 3 is 2.76 bits per heavy atom. The molecule has 0 bridgehead atoms. The highest BCUT2D eigenvalue weighted by molar-refractivity contribution is 4.98. The van der Waals surface area contributed by atoms with Gasteiger partial charge in [0.15, 0.2) is 0 Å². The molecule has 1 aromatic heterocycles. The van der Waals surface area contributed by atoms with Crippen LogP contribution >= 0.6 is 0 Å². The van der Waals surface area contributed by atoms with Gasteiger partial charge in [0.1, 0.15) is 0 Å². The van der Waals surface area contributed by atoms with Crippen molar-refractivity contribution in [1.82, 2.24) is 15.1 Å². The van der Waals surface area contributed by atoms with E-state index in [9.17, 15) is 0 Å². The molecule has 1 N–H and O–H groups in total. The average molecular weight is 237 g/mol. The molecule has 0 aliphatic heterocycles. The predicted octanol–water partition coefficient (Wildman–Crippen LogP) is 3.06. The summed E-state index contributed by atoms with van der Waals surface area (Å²) in [5, 5.41) is 7.96. The summed E-state index contributed by atoms with van der Waals surface area (Å²) in [7, 11) is 0. The van der Waals surface area contributed by atoms with Crippen LogP contribution in [0, 0.1) is 11.8 Å². The summed E-state index contributed by atoms with van der Waals surface area (Å²) in [6.07, 6.45) is 4.54.